The summed E-state index contributed by atoms with van der Waals surface area (Å²) < 4.78 is 35.4. The highest BCUT2D eigenvalue weighted by molar-refractivity contribution is 7.07. The van der Waals surface area contributed by atoms with Gasteiger partial charge in [-0.05, 0) is 31.5 Å². The van der Waals surface area contributed by atoms with Gasteiger partial charge in [0.15, 0.2) is 23.2 Å². The van der Waals surface area contributed by atoms with Crippen LogP contribution in [0.2, 0.25) is 0 Å². The van der Waals surface area contributed by atoms with Crippen molar-refractivity contribution in [3.63, 3.8) is 0 Å². The summed E-state index contributed by atoms with van der Waals surface area (Å²) in [6.07, 6.45) is 1.63. The average Bonchev–Trinajstić information content (AvgIpc) is 3.13. The zero-order chi connectivity index (χ0) is 24.1. The van der Waals surface area contributed by atoms with Gasteiger partial charge < -0.3 is 15.4 Å². The van der Waals surface area contributed by atoms with Crippen LogP contribution in [0.3, 0.4) is 0 Å². The average molecular weight is 469 g/mol. The number of ether oxygens (including phenoxy) is 1. The minimum atomic E-state index is -1.08. The summed E-state index contributed by atoms with van der Waals surface area (Å²) in [6, 6.07) is 1.12. The number of hydrogen-bond acceptors (Lipinski definition) is 6. The minimum absolute atomic E-state index is 0.0674. The predicted molar refractivity (Wildman–Crippen MR) is 116 cm³/mol. The van der Waals surface area contributed by atoms with Gasteiger partial charge in [0.2, 0.25) is 5.91 Å². The van der Waals surface area contributed by atoms with E-state index < -0.39 is 41.1 Å². The summed E-state index contributed by atoms with van der Waals surface area (Å²) in [4.78, 5) is 40.3. The van der Waals surface area contributed by atoms with Gasteiger partial charge in [0.25, 0.3) is 5.91 Å². The van der Waals surface area contributed by atoms with Gasteiger partial charge >= 0.3 is 5.97 Å². The SMILES string of the molecule is CN[C@@H](C)C(=O)OCn1ccs/c1=N\C(=O)c1cc(F)c(NC(=O)CC(C)(C)C)c(F)c1. The Labute approximate surface area is 188 Å². The van der Waals surface area contributed by atoms with E-state index in [1.54, 1.807) is 25.5 Å². The molecule has 0 saturated heterocycles. The molecule has 0 unspecified atom stereocenters. The molecule has 0 bridgehead atoms. The fourth-order valence-electron chi connectivity index (χ4n) is 2.49. The number of anilines is 1. The van der Waals surface area contributed by atoms with Gasteiger partial charge in [-0.2, -0.15) is 4.99 Å². The standard InChI is InChI=1S/C21H26F2N4O4S/c1-12(24-5)19(30)31-11-27-6-7-32-20(27)26-18(29)13-8-14(22)17(15(23)9-13)25-16(28)10-21(2,3)4/h6-9,12,24H,10-11H2,1-5H3,(H,25,28)/b26-20-/t12-/m0/s1. The van der Waals surface area contributed by atoms with Crippen LogP contribution in [-0.2, 0) is 21.1 Å². The van der Waals surface area contributed by atoms with Crippen molar-refractivity contribution in [3.8, 4) is 0 Å². The molecule has 8 nitrogen and oxygen atoms in total. The Morgan fingerprint density at radius 2 is 1.84 bits per heavy atom. The second-order valence-electron chi connectivity index (χ2n) is 8.28. The summed E-state index contributed by atoms with van der Waals surface area (Å²) in [6.45, 7) is 6.92. The summed E-state index contributed by atoms with van der Waals surface area (Å²) >= 11 is 1.09. The number of likely N-dealkylation sites (N-methyl/N-ethyl adjacent to an activating group) is 1. The Kier molecular flexibility index (Phi) is 8.39. The second-order valence-corrected chi connectivity index (χ2v) is 9.15. The van der Waals surface area contributed by atoms with Gasteiger partial charge in [-0.3, -0.25) is 19.0 Å². The fourth-order valence-corrected chi connectivity index (χ4v) is 3.21. The zero-order valence-corrected chi connectivity index (χ0v) is 19.3. The molecule has 1 aromatic carbocycles. The first kappa shape index (κ1) is 25.3. The highest BCUT2D eigenvalue weighted by atomic mass is 32.1. The van der Waals surface area contributed by atoms with Crippen molar-refractivity contribution < 1.29 is 27.9 Å². The number of amides is 2. The Bertz CT molecular complexity index is 1050. The Hall–Kier alpha value is -2.92. The number of halogens is 2. The number of esters is 1. The molecule has 2 amide bonds. The van der Waals surface area contributed by atoms with Gasteiger partial charge in [0.05, 0.1) is 0 Å². The summed E-state index contributed by atoms with van der Waals surface area (Å²) in [5.74, 6) is -4.08. The van der Waals surface area contributed by atoms with Crippen LogP contribution in [0.15, 0.2) is 28.7 Å². The van der Waals surface area contributed by atoms with Gasteiger partial charge in [-0.1, -0.05) is 20.8 Å². The van der Waals surface area contributed by atoms with Crippen molar-refractivity contribution >= 4 is 34.8 Å². The van der Waals surface area contributed by atoms with Crippen LogP contribution in [-0.4, -0.2) is 35.4 Å². The lowest BCUT2D eigenvalue weighted by atomic mass is 9.92. The number of aromatic nitrogens is 1. The third kappa shape index (κ3) is 7.06. The molecular formula is C21H26F2N4O4S. The number of thiazole rings is 1. The number of carbonyl (C=O) groups excluding carboxylic acids is 3. The molecule has 174 valence electrons. The lowest BCUT2D eigenvalue weighted by molar-refractivity contribution is -0.149. The molecule has 2 rings (SSSR count). The summed E-state index contributed by atoms with van der Waals surface area (Å²) in [5.41, 5.74) is -1.30. The van der Waals surface area contributed by atoms with E-state index in [0.717, 1.165) is 23.5 Å². The smallest absolute Gasteiger partial charge is 0.324 e. The molecule has 0 aliphatic heterocycles. The van der Waals surface area contributed by atoms with E-state index in [4.69, 9.17) is 4.74 Å². The molecule has 0 radical (unpaired) electrons. The number of hydrogen-bond donors (Lipinski definition) is 2. The van der Waals surface area contributed by atoms with Crippen molar-refractivity contribution in [1.29, 1.82) is 0 Å². The van der Waals surface area contributed by atoms with Crippen LogP contribution in [0.5, 0.6) is 0 Å². The first-order valence-electron chi connectivity index (χ1n) is 9.77. The monoisotopic (exact) mass is 468 g/mol. The quantitative estimate of drug-likeness (QED) is 0.608. The van der Waals surface area contributed by atoms with Crippen LogP contribution < -0.4 is 15.4 Å². The minimum Gasteiger partial charge on any atom is -0.443 e. The maximum atomic E-state index is 14.4. The maximum Gasteiger partial charge on any atom is 0.324 e. The highest BCUT2D eigenvalue weighted by Gasteiger charge is 2.21. The van der Waals surface area contributed by atoms with E-state index >= 15 is 0 Å². The third-order valence-electron chi connectivity index (χ3n) is 4.23. The second kappa shape index (κ2) is 10.6. The zero-order valence-electron chi connectivity index (χ0n) is 18.5. The third-order valence-corrected chi connectivity index (χ3v) is 5.03. The van der Waals surface area contributed by atoms with Crippen LogP contribution in [0.1, 0.15) is 44.5 Å². The molecule has 2 aromatic rings. The van der Waals surface area contributed by atoms with E-state index in [0.29, 0.717) is 0 Å². The molecule has 0 fully saturated rings. The van der Waals surface area contributed by atoms with Gasteiger partial charge in [0.1, 0.15) is 11.7 Å². The van der Waals surface area contributed by atoms with Crippen molar-refractivity contribution in [3.05, 3.63) is 45.7 Å². The van der Waals surface area contributed by atoms with E-state index in [1.807, 2.05) is 20.8 Å². The molecule has 0 saturated carbocycles. The molecule has 32 heavy (non-hydrogen) atoms. The molecule has 0 spiro atoms. The molecule has 0 aliphatic carbocycles. The van der Waals surface area contributed by atoms with Crippen LogP contribution in [0.25, 0.3) is 0 Å². The molecule has 1 aromatic heterocycles. The Balaban J connectivity index is 2.19. The van der Waals surface area contributed by atoms with Gasteiger partial charge in [0, 0.05) is 23.6 Å². The Morgan fingerprint density at radius 3 is 2.41 bits per heavy atom. The van der Waals surface area contributed by atoms with E-state index in [2.05, 4.69) is 15.6 Å². The number of nitrogens with zero attached hydrogens (tertiary/aromatic N) is 2. The lowest BCUT2D eigenvalue weighted by Gasteiger charge is -2.17. The molecule has 2 N–H and O–H groups in total. The number of nitrogens with one attached hydrogen (secondary N) is 2. The topological polar surface area (TPSA) is 102 Å². The first-order valence-corrected chi connectivity index (χ1v) is 10.6. The van der Waals surface area contributed by atoms with E-state index in [-0.39, 0.29) is 28.9 Å². The normalized spacial score (nSPS) is 13.0. The first-order chi connectivity index (χ1) is 14.9. The van der Waals surface area contributed by atoms with E-state index in [1.165, 1.54) is 4.57 Å². The number of carbonyl (C=O) groups is 3. The Morgan fingerprint density at radius 1 is 1.22 bits per heavy atom. The number of rotatable bonds is 7. The van der Waals surface area contributed by atoms with E-state index in [9.17, 15) is 23.2 Å². The molecule has 1 heterocycles. The van der Waals surface area contributed by atoms with Crippen LogP contribution >= 0.6 is 11.3 Å². The van der Waals surface area contributed by atoms with Crippen molar-refractivity contribution in [2.24, 2.45) is 10.4 Å². The molecular weight excluding hydrogens is 442 g/mol. The largest absolute Gasteiger partial charge is 0.443 e. The molecule has 1 atom stereocenters. The number of benzene rings is 1. The molecule has 11 heteroatoms. The van der Waals surface area contributed by atoms with Crippen LogP contribution in [0, 0.1) is 17.0 Å². The highest BCUT2D eigenvalue weighted by Crippen LogP contribution is 2.24. The fraction of sp³-hybridized carbons (Fsp3) is 0.429. The van der Waals surface area contributed by atoms with Crippen LogP contribution in [0.4, 0.5) is 14.5 Å². The van der Waals surface area contributed by atoms with Crippen molar-refractivity contribution in [2.45, 2.75) is 46.9 Å². The van der Waals surface area contributed by atoms with Gasteiger partial charge in [-0.15, -0.1) is 11.3 Å². The summed E-state index contributed by atoms with van der Waals surface area (Å²) in [5, 5.41) is 6.58. The van der Waals surface area contributed by atoms with Gasteiger partial charge in [-0.25, -0.2) is 8.78 Å². The maximum absolute atomic E-state index is 14.4. The van der Waals surface area contributed by atoms with Crippen molar-refractivity contribution in [2.75, 3.05) is 12.4 Å². The lowest BCUT2D eigenvalue weighted by Crippen LogP contribution is -2.33. The molecule has 0 aliphatic rings. The predicted octanol–water partition coefficient (Wildman–Crippen LogP) is 3.05. The summed E-state index contributed by atoms with van der Waals surface area (Å²) in [7, 11) is 1.61. The van der Waals surface area contributed by atoms with Crippen molar-refractivity contribution in [1.82, 2.24) is 9.88 Å².